The Bertz CT molecular complexity index is 679. The molecule has 0 aliphatic heterocycles. The first kappa shape index (κ1) is 30.6. The van der Waals surface area contributed by atoms with E-state index in [1.165, 1.54) is 0 Å². The number of nitrogens with one attached hydrogen (secondary N) is 3. The predicted octanol–water partition coefficient (Wildman–Crippen LogP) is -1.18. The predicted molar refractivity (Wildman–Crippen MR) is 124 cm³/mol. The van der Waals surface area contributed by atoms with Gasteiger partial charge in [0.05, 0.1) is 6.04 Å². The van der Waals surface area contributed by atoms with E-state index in [-0.39, 0.29) is 24.5 Å². The molecule has 3 amide bonds. The van der Waals surface area contributed by atoms with E-state index in [2.05, 4.69) is 28.6 Å². The second kappa shape index (κ2) is 16.3. The van der Waals surface area contributed by atoms with Crippen molar-refractivity contribution < 1.29 is 34.2 Å². The highest BCUT2D eigenvalue weighted by Crippen LogP contribution is 2.07. The van der Waals surface area contributed by atoms with Gasteiger partial charge in [-0.25, -0.2) is 4.79 Å². The van der Waals surface area contributed by atoms with E-state index in [9.17, 15) is 29.1 Å². The highest BCUT2D eigenvalue weighted by Gasteiger charge is 2.30. The number of rotatable bonds is 17. The fraction of sp³-hybridized carbons (Fsp3) is 0.750. The maximum absolute atomic E-state index is 12.7. The number of unbranched alkanes of at least 4 members (excludes halogenated alkanes) is 1. The molecular weight excluding hydrogens is 454 g/mol. The van der Waals surface area contributed by atoms with Crippen LogP contribution in [0, 0.1) is 5.92 Å². The average Bonchev–Trinajstić information content (AvgIpc) is 2.77. The Morgan fingerprint density at radius 3 is 1.91 bits per heavy atom. The van der Waals surface area contributed by atoms with Crippen molar-refractivity contribution in [1.29, 1.82) is 0 Å². The topological polar surface area (TPSA) is 214 Å². The van der Waals surface area contributed by atoms with Gasteiger partial charge >= 0.3 is 11.9 Å². The van der Waals surface area contributed by atoms with Crippen molar-refractivity contribution in [3.63, 3.8) is 0 Å². The molecule has 12 nitrogen and oxygen atoms in total. The molecule has 33 heavy (non-hydrogen) atoms. The van der Waals surface area contributed by atoms with Crippen LogP contribution in [0.4, 0.5) is 0 Å². The average molecular weight is 492 g/mol. The molecule has 0 saturated carbocycles. The van der Waals surface area contributed by atoms with Crippen molar-refractivity contribution in [2.24, 2.45) is 17.4 Å². The van der Waals surface area contributed by atoms with Crippen LogP contribution in [0.15, 0.2) is 0 Å². The van der Waals surface area contributed by atoms with Gasteiger partial charge in [-0.2, -0.15) is 12.6 Å². The maximum Gasteiger partial charge on any atom is 0.326 e. The summed E-state index contributed by atoms with van der Waals surface area (Å²) in [5.74, 6) is -4.86. The van der Waals surface area contributed by atoms with Gasteiger partial charge in [-0.15, -0.1) is 0 Å². The Morgan fingerprint density at radius 1 is 0.879 bits per heavy atom. The number of aliphatic carboxylic acids is 2. The molecule has 0 saturated heterocycles. The van der Waals surface area contributed by atoms with E-state index < -0.39 is 60.2 Å². The number of carbonyl (C=O) groups excluding carboxylic acids is 3. The van der Waals surface area contributed by atoms with Crippen LogP contribution in [0.2, 0.25) is 0 Å². The summed E-state index contributed by atoms with van der Waals surface area (Å²) in [5.41, 5.74) is 11.3. The minimum Gasteiger partial charge on any atom is -0.481 e. The van der Waals surface area contributed by atoms with Crippen molar-refractivity contribution in [2.45, 2.75) is 76.5 Å². The van der Waals surface area contributed by atoms with Gasteiger partial charge in [-0.1, -0.05) is 20.3 Å². The van der Waals surface area contributed by atoms with Crippen LogP contribution in [-0.2, 0) is 24.0 Å². The van der Waals surface area contributed by atoms with Gasteiger partial charge < -0.3 is 37.6 Å². The molecule has 0 heterocycles. The molecule has 0 spiro atoms. The number of hydrogen-bond donors (Lipinski definition) is 8. The molecule has 13 heteroatoms. The highest BCUT2D eigenvalue weighted by molar-refractivity contribution is 7.80. The van der Waals surface area contributed by atoms with Crippen molar-refractivity contribution in [3.8, 4) is 0 Å². The monoisotopic (exact) mass is 491 g/mol. The van der Waals surface area contributed by atoms with Crippen molar-refractivity contribution in [2.75, 3.05) is 12.3 Å². The fourth-order valence-electron chi connectivity index (χ4n) is 2.81. The molecule has 0 aromatic rings. The fourth-order valence-corrected chi connectivity index (χ4v) is 3.06. The summed E-state index contributed by atoms with van der Waals surface area (Å²) in [6.07, 6.45) is 1.09. The van der Waals surface area contributed by atoms with E-state index in [0.717, 1.165) is 0 Å². The Hall–Kier alpha value is -2.38. The summed E-state index contributed by atoms with van der Waals surface area (Å²) in [4.78, 5) is 60.1. The zero-order chi connectivity index (χ0) is 25.6. The third kappa shape index (κ3) is 11.9. The number of nitrogens with two attached hydrogens (primary N) is 2. The van der Waals surface area contributed by atoms with E-state index in [1.807, 2.05) is 6.92 Å². The van der Waals surface area contributed by atoms with Crippen molar-refractivity contribution >= 4 is 42.3 Å². The lowest BCUT2D eigenvalue weighted by molar-refractivity contribution is -0.143. The first-order valence-corrected chi connectivity index (χ1v) is 11.5. The van der Waals surface area contributed by atoms with Gasteiger partial charge in [-0.05, 0) is 38.1 Å². The second-order valence-electron chi connectivity index (χ2n) is 7.83. The van der Waals surface area contributed by atoms with Crippen molar-refractivity contribution in [3.05, 3.63) is 0 Å². The largest absolute Gasteiger partial charge is 0.481 e. The molecule has 0 bridgehead atoms. The number of carboxylic acids is 2. The lowest BCUT2D eigenvalue weighted by Crippen LogP contribution is -2.58. The normalized spacial score (nSPS) is 15.4. The molecular formula is C20H37N5O7S. The second-order valence-corrected chi connectivity index (χ2v) is 8.20. The summed E-state index contributed by atoms with van der Waals surface area (Å²) in [6, 6.07) is -4.52. The maximum atomic E-state index is 12.7. The number of hydrogen-bond acceptors (Lipinski definition) is 8. The molecule has 9 N–H and O–H groups in total. The summed E-state index contributed by atoms with van der Waals surface area (Å²) < 4.78 is 0. The van der Waals surface area contributed by atoms with Crippen LogP contribution in [0.1, 0.15) is 52.4 Å². The SMILES string of the molecule is CCC(C)C(N)C(=O)NC(CS)C(=O)NC(CCC(=O)O)C(=O)NC(CCCCN)C(=O)O. The van der Waals surface area contributed by atoms with Crippen LogP contribution in [-0.4, -0.2) is 76.3 Å². The third-order valence-corrected chi connectivity index (χ3v) is 5.58. The van der Waals surface area contributed by atoms with Gasteiger partial charge in [0.15, 0.2) is 0 Å². The molecule has 0 aromatic heterocycles. The molecule has 0 rings (SSSR count). The van der Waals surface area contributed by atoms with E-state index in [1.54, 1.807) is 6.92 Å². The lowest BCUT2D eigenvalue weighted by Gasteiger charge is -2.25. The quantitative estimate of drug-likeness (QED) is 0.0906. The zero-order valence-electron chi connectivity index (χ0n) is 19.1. The summed E-state index contributed by atoms with van der Waals surface area (Å²) in [7, 11) is 0. The van der Waals surface area contributed by atoms with Crippen molar-refractivity contribution in [1.82, 2.24) is 16.0 Å². The first-order valence-electron chi connectivity index (χ1n) is 10.9. The van der Waals surface area contributed by atoms with Gasteiger partial charge in [0, 0.05) is 12.2 Å². The molecule has 0 aliphatic rings. The third-order valence-electron chi connectivity index (χ3n) is 5.22. The highest BCUT2D eigenvalue weighted by atomic mass is 32.1. The Balaban J connectivity index is 5.32. The zero-order valence-corrected chi connectivity index (χ0v) is 20.0. The van der Waals surface area contributed by atoms with Gasteiger partial charge in [0.1, 0.15) is 18.1 Å². The number of carbonyl (C=O) groups is 5. The molecule has 5 unspecified atom stereocenters. The summed E-state index contributed by atoms with van der Waals surface area (Å²) >= 11 is 4.06. The number of carboxylic acid groups (broad SMARTS) is 2. The summed E-state index contributed by atoms with van der Waals surface area (Å²) in [5, 5.41) is 25.5. The standard InChI is InChI=1S/C20H37N5O7S/c1-3-11(2)16(22)19(30)25-14(10-33)18(29)23-12(7-8-15(26)27)17(28)24-13(20(31)32)6-4-5-9-21/h11-14,16,33H,3-10,21-22H2,1-2H3,(H,23,29)(H,24,28)(H,25,30)(H,26,27)(H,31,32). The van der Waals surface area contributed by atoms with Gasteiger partial charge in [-0.3, -0.25) is 19.2 Å². The van der Waals surface area contributed by atoms with Crippen LogP contribution < -0.4 is 27.4 Å². The first-order chi connectivity index (χ1) is 15.5. The molecule has 5 atom stereocenters. The van der Waals surface area contributed by atoms with E-state index in [4.69, 9.17) is 16.6 Å². The minimum absolute atomic E-state index is 0.102. The summed E-state index contributed by atoms with van der Waals surface area (Å²) in [6.45, 7) is 4.03. The van der Waals surface area contributed by atoms with Crippen LogP contribution in [0.3, 0.4) is 0 Å². The van der Waals surface area contributed by atoms with Gasteiger partial charge in [0.25, 0.3) is 0 Å². The number of amides is 3. The Morgan fingerprint density at radius 2 is 1.42 bits per heavy atom. The Kier molecular flexibility index (Phi) is 15.1. The molecule has 0 radical (unpaired) electrons. The lowest BCUT2D eigenvalue weighted by atomic mass is 9.99. The van der Waals surface area contributed by atoms with Crippen LogP contribution in [0.5, 0.6) is 0 Å². The van der Waals surface area contributed by atoms with Crippen LogP contribution in [0.25, 0.3) is 0 Å². The van der Waals surface area contributed by atoms with E-state index in [0.29, 0.717) is 25.8 Å². The minimum atomic E-state index is -1.33. The number of thiol groups is 1. The molecule has 0 fully saturated rings. The van der Waals surface area contributed by atoms with E-state index >= 15 is 0 Å². The molecule has 0 aliphatic carbocycles. The molecule has 0 aromatic carbocycles. The molecule has 190 valence electrons. The van der Waals surface area contributed by atoms with Gasteiger partial charge in [0.2, 0.25) is 17.7 Å². The van der Waals surface area contributed by atoms with Crippen LogP contribution >= 0.6 is 12.6 Å². The Labute approximate surface area is 199 Å². The smallest absolute Gasteiger partial charge is 0.326 e.